The first kappa shape index (κ1) is 19.8. The Morgan fingerprint density at radius 1 is 1.13 bits per heavy atom. The number of hydrogen-bond donors (Lipinski definition) is 1. The number of anilines is 2. The predicted octanol–water partition coefficient (Wildman–Crippen LogP) is 2.97. The Morgan fingerprint density at radius 2 is 1.93 bits per heavy atom. The largest absolute Gasteiger partial charge is 0.338 e. The number of likely N-dealkylation sites (tertiary alicyclic amines) is 1. The third-order valence-electron chi connectivity index (χ3n) is 5.39. The van der Waals surface area contributed by atoms with E-state index < -0.39 is 6.04 Å². The van der Waals surface area contributed by atoms with Crippen molar-refractivity contribution in [3.05, 3.63) is 60.2 Å². The second-order valence-corrected chi connectivity index (χ2v) is 7.63. The average Bonchev–Trinajstić information content (AvgIpc) is 3.36. The minimum atomic E-state index is -0.485. The number of para-hydroxylation sites is 1. The van der Waals surface area contributed by atoms with Crippen molar-refractivity contribution < 1.29 is 14.4 Å². The molecule has 1 saturated heterocycles. The van der Waals surface area contributed by atoms with Crippen LogP contribution in [-0.4, -0.2) is 40.8 Å². The standard InChI is InChI=1S/C23H24N4O3/c1-16(28)21-14-20(25-27(21)19-9-3-2-4-10-19)23(30)24-18-8-5-7-17(13-18)15-26-12-6-11-22(26)29/h2-5,7-10,13,21H,6,11-12,14-15H2,1H3,(H,24,30). The Hall–Kier alpha value is -3.48. The number of hydrazone groups is 1. The number of carbonyl (C=O) groups excluding carboxylic acids is 3. The lowest BCUT2D eigenvalue weighted by molar-refractivity contribution is -0.128. The van der Waals surface area contributed by atoms with Crippen molar-refractivity contribution >= 4 is 34.7 Å². The van der Waals surface area contributed by atoms with E-state index in [1.54, 1.807) is 11.1 Å². The number of nitrogens with zero attached hydrogens (tertiary/aromatic N) is 3. The molecule has 7 nitrogen and oxygen atoms in total. The predicted molar refractivity (Wildman–Crippen MR) is 115 cm³/mol. The fourth-order valence-electron chi connectivity index (χ4n) is 3.82. The zero-order chi connectivity index (χ0) is 21.1. The molecule has 7 heteroatoms. The van der Waals surface area contributed by atoms with E-state index in [4.69, 9.17) is 0 Å². The summed E-state index contributed by atoms with van der Waals surface area (Å²) in [7, 11) is 0. The molecule has 0 aliphatic carbocycles. The maximum atomic E-state index is 12.8. The summed E-state index contributed by atoms with van der Waals surface area (Å²) in [5.74, 6) is -0.196. The van der Waals surface area contributed by atoms with E-state index in [9.17, 15) is 14.4 Å². The van der Waals surface area contributed by atoms with Crippen molar-refractivity contribution in [2.24, 2.45) is 5.10 Å². The Kier molecular flexibility index (Phi) is 5.61. The minimum absolute atomic E-state index is 0.0392. The molecule has 2 heterocycles. The normalized spacial score (nSPS) is 18.5. The van der Waals surface area contributed by atoms with E-state index in [1.807, 2.05) is 53.4 Å². The van der Waals surface area contributed by atoms with Crippen molar-refractivity contribution in [1.29, 1.82) is 0 Å². The van der Waals surface area contributed by atoms with E-state index in [-0.39, 0.29) is 24.0 Å². The van der Waals surface area contributed by atoms with Gasteiger partial charge in [-0.25, -0.2) is 0 Å². The fourth-order valence-corrected chi connectivity index (χ4v) is 3.82. The SMILES string of the molecule is CC(=O)C1CC(C(=O)Nc2cccc(CN3CCCC3=O)c2)=NN1c1ccccc1. The summed E-state index contributed by atoms with van der Waals surface area (Å²) >= 11 is 0. The summed E-state index contributed by atoms with van der Waals surface area (Å²) in [6.45, 7) is 2.83. The van der Waals surface area contributed by atoms with Crippen molar-refractivity contribution in [3.63, 3.8) is 0 Å². The number of amides is 2. The van der Waals surface area contributed by atoms with Gasteiger partial charge in [0.1, 0.15) is 11.8 Å². The fraction of sp³-hybridized carbons (Fsp3) is 0.304. The molecule has 0 spiro atoms. The van der Waals surface area contributed by atoms with E-state index in [0.717, 1.165) is 24.2 Å². The second-order valence-electron chi connectivity index (χ2n) is 7.63. The quantitative estimate of drug-likeness (QED) is 0.803. The smallest absolute Gasteiger partial charge is 0.271 e. The first-order valence-corrected chi connectivity index (χ1v) is 10.1. The molecule has 1 atom stereocenters. The van der Waals surface area contributed by atoms with E-state index >= 15 is 0 Å². The highest BCUT2D eigenvalue weighted by molar-refractivity contribution is 6.44. The van der Waals surface area contributed by atoms with Crippen LogP contribution in [0.25, 0.3) is 0 Å². The molecule has 154 valence electrons. The van der Waals surface area contributed by atoms with Gasteiger partial charge in [0, 0.05) is 31.6 Å². The highest BCUT2D eigenvalue weighted by Gasteiger charge is 2.34. The Labute approximate surface area is 175 Å². The zero-order valence-corrected chi connectivity index (χ0v) is 16.9. The number of rotatable bonds is 6. The average molecular weight is 404 g/mol. The van der Waals surface area contributed by atoms with Gasteiger partial charge in [-0.2, -0.15) is 5.10 Å². The molecule has 1 fully saturated rings. The summed E-state index contributed by atoms with van der Waals surface area (Å²) in [4.78, 5) is 38.6. The van der Waals surface area contributed by atoms with Crippen molar-refractivity contribution in [1.82, 2.24) is 4.90 Å². The van der Waals surface area contributed by atoms with Gasteiger partial charge in [-0.05, 0) is 43.2 Å². The summed E-state index contributed by atoms with van der Waals surface area (Å²) in [6.07, 6.45) is 1.76. The number of carbonyl (C=O) groups is 3. The van der Waals surface area contributed by atoms with E-state index in [0.29, 0.717) is 24.4 Å². The maximum Gasteiger partial charge on any atom is 0.271 e. The molecule has 2 aromatic carbocycles. The minimum Gasteiger partial charge on any atom is -0.338 e. The Bertz CT molecular complexity index is 1000. The molecule has 2 aliphatic rings. The van der Waals surface area contributed by atoms with Crippen LogP contribution in [0.2, 0.25) is 0 Å². The maximum absolute atomic E-state index is 12.8. The lowest BCUT2D eigenvalue weighted by Gasteiger charge is -2.20. The van der Waals surface area contributed by atoms with Gasteiger partial charge in [0.05, 0.1) is 5.69 Å². The second kappa shape index (κ2) is 8.49. The molecule has 2 aromatic rings. The Morgan fingerprint density at radius 3 is 2.63 bits per heavy atom. The van der Waals surface area contributed by atoms with Gasteiger partial charge >= 0.3 is 0 Å². The van der Waals surface area contributed by atoms with Crippen LogP contribution in [0, 0.1) is 0 Å². The molecule has 1 N–H and O–H groups in total. The van der Waals surface area contributed by atoms with Gasteiger partial charge in [0.25, 0.3) is 5.91 Å². The lowest BCUT2D eigenvalue weighted by Crippen LogP contribution is -2.33. The van der Waals surface area contributed by atoms with E-state index in [1.165, 1.54) is 6.92 Å². The molecule has 0 saturated carbocycles. The third-order valence-corrected chi connectivity index (χ3v) is 5.39. The van der Waals surface area contributed by atoms with Gasteiger partial charge in [0.2, 0.25) is 5.91 Å². The Balaban J connectivity index is 1.47. The molecule has 0 radical (unpaired) electrons. The molecular formula is C23H24N4O3. The van der Waals surface area contributed by atoms with Crippen LogP contribution in [0.15, 0.2) is 59.7 Å². The zero-order valence-electron chi connectivity index (χ0n) is 16.9. The lowest BCUT2D eigenvalue weighted by atomic mass is 10.1. The molecule has 0 bridgehead atoms. The van der Waals surface area contributed by atoms with E-state index in [2.05, 4.69) is 10.4 Å². The van der Waals surface area contributed by atoms with Crippen molar-refractivity contribution in [2.75, 3.05) is 16.9 Å². The summed E-state index contributed by atoms with van der Waals surface area (Å²) in [5, 5.41) is 8.94. The van der Waals surface area contributed by atoms with Crippen LogP contribution in [0.1, 0.15) is 31.7 Å². The van der Waals surface area contributed by atoms with Gasteiger partial charge < -0.3 is 10.2 Å². The van der Waals surface area contributed by atoms with Crippen molar-refractivity contribution in [3.8, 4) is 0 Å². The van der Waals surface area contributed by atoms with Crippen LogP contribution in [-0.2, 0) is 20.9 Å². The monoisotopic (exact) mass is 404 g/mol. The van der Waals surface area contributed by atoms with Gasteiger partial charge in [-0.3, -0.25) is 19.4 Å². The third kappa shape index (κ3) is 4.25. The van der Waals surface area contributed by atoms with Crippen molar-refractivity contribution in [2.45, 2.75) is 38.8 Å². The summed E-state index contributed by atoms with van der Waals surface area (Å²) < 4.78 is 0. The van der Waals surface area contributed by atoms with Gasteiger partial charge in [-0.1, -0.05) is 30.3 Å². The summed E-state index contributed by atoms with van der Waals surface area (Å²) in [6, 6.07) is 16.4. The highest BCUT2D eigenvalue weighted by atomic mass is 16.2. The molecular weight excluding hydrogens is 380 g/mol. The number of nitrogens with one attached hydrogen (secondary N) is 1. The molecule has 30 heavy (non-hydrogen) atoms. The first-order valence-electron chi connectivity index (χ1n) is 10.1. The van der Waals surface area contributed by atoms with Crippen LogP contribution in [0.3, 0.4) is 0 Å². The molecule has 0 aromatic heterocycles. The number of Topliss-reactive ketones (excluding diaryl/α,β-unsaturated/α-hetero) is 1. The van der Waals surface area contributed by atoms with Gasteiger partial charge in [0.15, 0.2) is 5.78 Å². The van der Waals surface area contributed by atoms with Crippen LogP contribution in [0.4, 0.5) is 11.4 Å². The van der Waals surface area contributed by atoms with Crippen LogP contribution >= 0.6 is 0 Å². The van der Waals surface area contributed by atoms with Crippen LogP contribution in [0.5, 0.6) is 0 Å². The summed E-state index contributed by atoms with van der Waals surface area (Å²) in [5.41, 5.74) is 2.70. The molecule has 1 unspecified atom stereocenters. The number of benzene rings is 2. The highest BCUT2D eigenvalue weighted by Crippen LogP contribution is 2.25. The molecule has 2 amide bonds. The molecule has 4 rings (SSSR count). The topological polar surface area (TPSA) is 82.1 Å². The first-order chi connectivity index (χ1) is 14.5. The van der Waals surface area contributed by atoms with Gasteiger partial charge in [-0.15, -0.1) is 0 Å². The number of ketones is 1. The number of hydrogen-bond acceptors (Lipinski definition) is 5. The van der Waals surface area contributed by atoms with Crippen LogP contribution < -0.4 is 10.3 Å². The molecule has 2 aliphatic heterocycles.